The number of aliphatic carboxylic acids is 4. The number of likely N-dealkylation sites (tertiary alicyclic amines) is 1. The van der Waals surface area contributed by atoms with E-state index in [0.717, 1.165) is 24.2 Å². The molecule has 0 unspecified atom stereocenters. The number of urea groups is 1. The smallest absolute Gasteiger partial charge is 0.490 e. The third-order valence-corrected chi connectivity index (χ3v) is 18.7. The number of pyridine rings is 1. The Morgan fingerprint density at radius 2 is 1.26 bits per heavy atom. The van der Waals surface area contributed by atoms with Crippen LogP contribution in [0, 0.1) is 11.8 Å². The van der Waals surface area contributed by atoms with E-state index >= 15 is 0 Å². The van der Waals surface area contributed by atoms with E-state index in [1.807, 2.05) is 45.9 Å². The molecule has 1 saturated heterocycles. The molecule has 0 radical (unpaired) electrons. The average molecular weight is 1770 g/mol. The Hall–Kier alpha value is -11.9. The minimum atomic E-state index is -5.08. The number of aryl methyl sites for hydroxylation is 1. The number of phenolic OH excluding ortho intramolecular Hbond substituents is 1. The summed E-state index contributed by atoms with van der Waals surface area (Å²) in [7, 11) is -4.76. The van der Waals surface area contributed by atoms with Crippen molar-refractivity contribution in [1.29, 1.82) is 0 Å². The van der Waals surface area contributed by atoms with E-state index in [1.165, 1.54) is 35.4 Å². The highest BCUT2D eigenvalue weighted by Gasteiger charge is 2.42. The molecule has 3 heterocycles. The van der Waals surface area contributed by atoms with Crippen LogP contribution >= 0.6 is 0 Å². The van der Waals surface area contributed by atoms with Crippen molar-refractivity contribution in [2.75, 3.05) is 50.7 Å². The van der Waals surface area contributed by atoms with Crippen LogP contribution in [-0.4, -0.2) is 221 Å². The summed E-state index contributed by atoms with van der Waals surface area (Å²) >= 11 is 0. The number of hydrogen-bond acceptors (Lipinski definition) is 21. The SMILES string of the molecule is CC[C@H](C)[C@H](NC(=O)[C@H](Cc1ccc(O)cc1)NC(=O)[C@@H]1CCCN1C(=O)[C@H](CCCN=C(N)N)NC(=O)[C@@H](N)CCCN=C(N)NC(=O)NCCCCNC(=O)CCCCC[n+]1cc(S(=O)(=O)[O-])ccc1/C=C/c1cc2ccc(N(CC)CC)cc2oc1=O)C(=O)N[C@@H](CC(C)C)C(=O)O.O=C(O)C(F)(F)F.O=C(O)C(F)(F)F.O=C(O)C(F)(F)F. The lowest BCUT2D eigenvalue weighted by Crippen LogP contribution is -2.60. The summed E-state index contributed by atoms with van der Waals surface area (Å²) in [5, 5.41) is 60.7. The number of hydrogen-bond donors (Lipinski definition) is 16. The summed E-state index contributed by atoms with van der Waals surface area (Å²) < 4.78 is 138. The lowest BCUT2D eigenvalue weighted by atomic mass is 9.96. The number of carbonyl (C=O) groups is 11. The number of carboxylic acids is 4. The summed E-state index contributed by atoms with van der Waals surface area (Å²) in [6.45, 7) is 14.0. The topological polar surface area (TPSA) is 600 Å². The summed E-state index contributed by atoms with van der Waals surface area (Å²) in [6.07, 6.45) is -6.14. The Morgan fingerprint density at radius 3 is 1.81 bits per heavy atom. The minimum Gasteiger partial charge on any atom is -0.744 e. The Balaban J connectivity index is 0.00000211. The number of phenols is 1. The monoisotopic (exact) mass is 1770 g/mol. The van der Waals surface area contributed by atoms with Gasteiger partial charge in [0.15, 0.2) is 18.1 Å². The van der Waals surface area contributed by atoms with Crippen LogP contribution in [0.15, 0.2) is 91.0 Å². The highest BCUT2D eigenvalue weighted by Crippen LogP contribution is 2.25. The fraction of sp³-hybridized carbons (Fsp3) is 0.533. The quantitative estimate of drug-likeness (QED) is 0.00563. The van der Waals surface area contributed by atoms with Crippen LogP contribution in [0.25, 0.3) is 23.1 Å². The van der Waals surface area contributed by atoms with E-state index < -0.39 is 141 Å². The summed E-state index contributed by atoms with van der Waals surface area (Å²) in [5.41, 5.74) is 25.6. The molecule has 0 aliphatic carbocycles. The maximum atomic E-state index is 14.5. The van der Waals surface area contributed by atoms with Crippen molar-refractivity contribution >= 4 is 116 Å². The number of unbranched alkanes of at least 4 members (excludes halogenated alkanes) is 3. The lowest BCUT2D eigenvalue weighted by molar-refractivity contribution is -0.700. The van der Waals surface area contributed by atoms with Crippen LogP contribution in [0.5, 0.6) is 5.75 Å². The van der Waals surface area contributed by atoms with Crippen molar-refractivity contribution in [2.45, 2.75) is 204 Å². The molecule has 122 heavy (non-hydrogen) atoms. The van der Waals surface area contributed by atoms with Crippen molar-refractivity contribution in [3.05, 3.63) is 94.1 Å². The van der Waals surface area contributed by atoms with E-state index in [4.69, 9.17) is 57.1 Å². The number of aliphatic imine (C=N–C) groups is 2. The number of fused-ring (bicyclic) bond motifs is 1. The van der Waals surface area contributed by atoms with Gasteiger partial charge in [-0.2, -0.15) is 44.1 Å². The van der Waals surface area contributed by atoms with E-state index in [0.29, 0.717) is 74.9 Å². The number of nitrogens with two attached hydrogens (primary N) is 4. The highest BCUT2D eigenvalue weighted by molar-refractivity contribution is 7.85. The Kier molecular flexibility index (Phi) is 44.9. The standard InChI is InChI=1S/C69H102N16O15S.3C2HF3O2/c1-7-44(6)59(63(91)80-55(65(93)94)38-43(4)5)81-61(89)54(39-45-22-29-50(86)30-23-45)79-62(90)56-20-17-37-85(56)64(92)53(19-16-34-75-67(71)72)78-60(88)52(70)18-15-35-76-68(73)82-69(96)77-33-13-12-32-74-58(87)21-11-10-14-36-84-42-51(101(97,98)99)31-28-48(84)26-25-47-40-46-24-27-49(83(8-2)9-3)41-57(46)100-66(47)95;3*3-2(4,5)1(6)7/h22-31,40-44,52-56,59H,7-21,32-39,70H2,1-6H3,(H15-,71,72,73,74,75,76,77,78,79,80,81,82,86,87,88,89,90,91,93,94,96,97,98,99);3*(H,6,7)/t44-,52-,53-,54-,55-,56-,59-;;;/m0.../s1. The number of amides is 8. The number of aromatic nitrogens is 1. The molecule has 4 aromatic rings. The van der Waals surface area contributed by atoms with Crippen LogP contribution < -0.4 is 75.2 Å². The predicted molar refractivity (Wildman–Crippen MR) is 422 cm³/mol. The molecule has 1 aliphatic rings. The first-order chi connectivity index (χ1) is 56.8. The van der Waals surface area contributed by atoms with Gasteiger partial charge in [0, 0.05) is 94.4 Å². The normalized spacial score (nSPS) is 14.4. The van der Waals surface area contributed by atoms with Crippen molar-refractivity contribution < 1.29 is 140 Å². The zero-order chi connectivity index (χ0) is 92.6. The Bertz CT molecular complexity index is 4380. The van der Waals surface area contributed by atoms with E-state index in [9.17, 15) is 106 Å². The molecule has 5 rings (SSSR count). The van der Waals surface area contributed by atoms with Crippen LogP contribution in [-0.2, 0) is 71.0 Å². The number of nitrogens with one attached hydrogen (secondary N) is 7. The zero-order valence-corrected chi connectivity index (χ0v) is 68.3. The fourth-order valence-electron chi connectivity index (χ4n) is 11.4. The van der Waals surface area contributed by atoms with Gasteiger partial charge in [0.25, 0.3) is 0 Å². The van der Waals surface area contributed by atoms with Crippen molar-refractivity contribution in [2.24, 2.45) is 44.8 Å². The molecule has 20 N–H and O–H groups in total. The number of alkyl halides is 9. The van der Waals surface area contributed by atoms with Crippen LogP contribution in [0.4, 0.5) is 50.0 Å². The fourth-order valence-corrected chi connectivity index (χ4v) is 11.9. The minimum absolute atomic E-state index is 0.0407. The molecule has 2 aromatic heterocycles. The van der Waals surface area contributed by atoms with Crippen molar-refractivity contribution in [1.82, 2.24) is 42.1 Å². The molecule has 0 saturated carbocycles. The van der Waals surface area contributed by atoms with Crippen LogP contribution in [0.3, 0.4) is 0 Å². The second kappa shape index (κ2) is 51.6. The van der Waals surface area contributed by atoms with Crippen molar-refractivity contribution in [3.63, 3.8) is 0 Å². The number of aromatic hydroxyl groups is 1. The molecule has 8 amide bonds. The van der Waals surface area contributed by atoms with Gasteiger partial charge in [0.2, 0.25) is 41.1 Å². The predicted octanol–water partition coefficient (Wildman–Crippen LogP) is 4.19. The van der Waals surface area contributed by atoms with Gasteiger partial charge in [-0.15, -0.1) is 0 Å². The Labute approximate surface area is 694 Å². The molecule has 0 bridgehead atoms. The third kappa shape index (κ3) is 40.0. The number of benzene rings is 2. The number of nitrogens with zero attached hydrogens (tertiary/aromatic N) is 5. The zero-order valence-electron chi connectivity index (χ0n) is 67.5. The largest absolute Gasteiger partial charge is 0.744 e. The molecule has 0 spiro atoms. The number of halogens is 9. The molecule has 2 aromatic carbocycles. The maximum absolute atomic E-state index is 14.5. The number of carbonyl (C=O) groups excluding carboxylic acids is 7. The van der Waals surface area contributed by atoms with Crippen LogP contribution in [0.1, 0.15) is 148 Å². The van der Waals surface area contributed by atoms with Gasteiger partial charge in [-0.3, -0.25) is 44.1 Å². The Morgan fingerprint density at radius 1 is 0.689 bits per heavy atom. The second-order valence-corrected chi connectivity index (χ2v) is 29.2. The maximum Gasteiger partial charge on any atom is 0.490 e. The number of rotatable bonds is 41. The molecule has 1 fully saturated rings. The molecule has 7 atom stereocenters. The average Bonchev–Trinajstić information content (AvgIpc) is 1.07. The van der Waals surface area contributed by atoms with Gasteiger partial charge >= 0.3 is 54.1 Å². The van der Waals surface area contributed by atoms with Gasteiger partial charge in [-0.25, -0.2) is 37.2 Å². The number of guanidine groups is 2. The lowest BCUT2D eigenvalue weighted by Gasteiger charge is -2.31. The van der Waals surface area contributed by atoms with Gasteiger partial charge in [0.1, 0.15) is 63.1 Å². The second-order valence-electron chi connectivity index (χ2n) is 27.9. The molecule has 1 aliphatic heterocycles. The van der Waals surface area contributed by atoms with Gasteiger partial charge in [0.05, 0.1) is 11.6 Å². The summed E-state index contributed by atoms with van der Waals surface area (Å²) in [4.78, 5) is 159. The number of anilines is 1. The molecule has 47 heteroatoms. The summed E-state index contributed by atoms with van der Waals surface area (Å²) in [5.74, 6) is -14.1. The van der Waals surface area contributed by atoms with Gasteiger partial charge < -0.3 is 99.1 Å². The van der Waals surface area contributed by atoms with Gasteiger partial charge in [-0.05, 0) is 144 Å². The van der Waals surface area contributed by atoms with E-state index in [2.05, 4.69) is 52.1 Å². The number of carboxylic acid groups (broad SMARTS) is 4. The molecular weight excluding hydrogens is 1660 g/mol. The van der Waals surface area contributed by atoms with Crippen molar-refractivity contribution in [3.8, 4) is 5.75 Å². The first kappa shape index (κ1) is 106. The third-order valence-electron chi connectivity index (χ3n) is 17.9. The first-order valence-corrected chi connectivity index (χ1v) is 39.6. The van der Waals surface area contributed by atoms with Gasteiger partial charge in [-0.1, -0.05) is 46.2 Å². The molecular formula is C75H105F9N16O21S. The molecule has 37 nitrogen and oxygen atoms in total. The van der Waals surface area contributed by atoms with E-state index in [1.54, 1.807) is 48.8 Å². The summed E-state index contributed by atoms with van der Waals surface area (Å²) in [6, 6.07) is 8.25. The molecule has 680 valence electrons. The van der Waals surface area contributed by atoms with E-state index in [-0.39, 0.29) is 113 Å². The van der Waals surface area contributed by atoms with Crippen LogP contribution in [0.2, 0.25) is 0 Å². The first-order valence-electron chi connectivity index (χ1n) is 38.2. The highest BCUT2D eigenvalue weighted by atomic mass is 32.2.